The molecule has 30 heavy (non-hydrogen) atoms. The second-order valence-corrected chi connectivity index (χ2v) is 6.60. The monoisotopic (exact) mass is 506 g/mol. The predicted molar refractivity (Wildman–Crippen MR) is 114 cm³/mol. The number of para-hydroxylation sites is 2. The van der Waals surface area contributed by atoms with E-state index in [1.807, 2.05) is 24.5 Å². The average Bonchev–Trinajstić information content (AvgIpc) is 3.45. The van der Waals surface area contributed by atoms with E-state index < -0.39 is 0 Å². The molecule has 1 aromatic heterocycles. The van der Waals surface area contributed by atoms with Gasteiger partial charge in [-0.15, -0.1) is 70.8 Å². The van der Waals surface area contributed by atoms with Crippen LogP contribution in [0.4, 0.5) is 0 Å². The first-order chi connectivity index (χ1) is 13.4. The predicted octanol–water partition coefficient (Wildman–Crippen LogP) is 0.462. The quantitative estimate of drug-likeness (QED) is 0.295. The topological polar surface area (TPSA) is 17.8 Å². The number of hydrogen-bond donors (Lipinski definition) is 0. The van der Waals surface area contributed by atoms with Crippen molar-refractivity contribution in [1.29, 1.82) is 0 Å². The van der Waals surface area contributed by atoms with Gasteiger partial charge in [-0.05, 0) is 17.8 Å². The van der Waals surface area contributed by atoms with Crippen molar-refractivity contribution in [2.75, 3.05) is 0 Å². The van der Waals surface area contributed by atoms with Crippen LogP contribution in [0.1, 0.15) is 0 Å². The minimum Gasteiger partial charge on any atom is -1.00 e. The summed E-state index contributed by atoms with van der Waals surface area (Å²) in [6.45, 7) is 0. The molecule has 0 aliphatic rings. The Morgan fingerprint density at radius 1 is 0.700 bits per heavy atom. The van der Waals surface area contributed by atoms with Crippen molar-refractivity contribution in [3.63, 3.8) is 0 Å². The van der Waals surface area contributed by atoms with Gasteiger partial charge in [-0.25, -0.2) is 4.98 Å². The van der Waals surface area contributed by atoms with Gasteiger partial charge in [-0.3, -0.25) is 0 Å². The van der Waals surface area contributed by atoms with E-state index in [1.54, 1.807) is 0 Å². The molecule has 2 nitrogen and oxygen atoms in total. The molecular formula is C25H18Cl2N2Zr. The summed E-state index contributed by atoms with van der Waals surface area (Å²) in [4.78, 5) is 4.43. The molecule has 0 atom stereocenters. The molecule has 0 N–H and O–H groups in total. The van der Waals surface area contributed by atoms with Crippen LogP contribution in [-0.2, 0) is 26.2 Å². The van der Waals surface area contributed by atoms with E-state index in [0.29, 0.717) is 0 Å². The molecule has 0 saturated carbocycles. The molecule has 0 aliphatic carbocycles. The summed E-state index contributed by atoms with van der Waals surface area (Å²) in [5.41, 5.74) is 3.35. The van der Waals surface area contributed by atoms with Crippen molar-refractivity contribution < 1.29 is 51.0 Å². The van der Waals surface area contributed by atoms with Crippen LogP contribution in [0.5, 0.6) is 0 Å². The molecule has 0 fully saturated rings. The van der Waals surface area contributed by atoms with Crippen molar-refractivity contribution in [3.8, 4) is 5.69 Å². The Kier molecular flexibility index (Phi) is 8.61. The van der Waals surface area contributed by atoms with E-state index in [1.165, 1.54) is 27.2 Å². The maximum absolute atomic E-state index is 4.43. The van der Waals surface area contributed by atoms with Gasteiger partial charge >= 0.3 is 26.2 Å². The number of rotatable bonds is 1. The van der Waals surface area contributed by atoms with Gasteiger partial charge in [0.2, 0.25) is 0 Å². The normalized spacial score (nSPS) is 9.87. The fraction of sp³-hybridized carbons (Fsp3) is 0. The molecule has 0 aliphatic heterocycles. The molecule has 0 saturated heterocycles. The molecule has 6 rings (SSSR count). The minimum absolute atomic E-state index is 0. The fourth-order valence-electron chi connectivity index (χ4n) is 3.51. The summed E-state index contributed by atoms with van der Waals surface area (Å²) in [6.07, 6.45) is 1.89. The third-order valence-electron chi connectivity index (χ3n) is 4.88. The van der Waals surface area contributed by atoms with Gasteiger partial charge in [0.05, 0.1) is 17.4 Å². The first-order valence-electron chi connectivity index (χ1n) is 9.07. The standard InChI is InChI=1S/C16H11N2.C9H7.2ClH.Zr/c1-2-6-13-10-14(9-12(13)5-1)18-11-17-15-7-3-4-8-16(15)18;1-2-5-9-7-3-6-8(9)4-1;;;/h1-11H;1-7H;2*1H;/q2*-1;;;+4/p-2. The van der Waals surface area contributed by atoms with Gasteiger partial charge in [-0.2, -0.15) is 17.5 Å². The third-order valence-corrected chi connectivity index (χ3v) is 4.88. The number of imidazole rings is 1. The van der Waals surface area contributed by atoms with Crippen molar-refractivity contribution in [3.05, 3.63) is 109 Å². The molecule has 6 aromatic rings. The third kappa shape index (κ3) is 4.75. The Bertz CT molecular complexity index is 1280. The van der Waals surface area contributed by atoms with Gasteiger partial charge in [0, 0.05) is 0 Å². The zero-order chi connectivity index (χ0) is 18.1. The number of benzene rings is 3. The van der Waals surface area contributed by atoms with Gasteiger partial charge < -0.3 is 29.4 Å². The Hall–Kier alpha value is -2.19. The Labute approximate surface area is 207 Å². The zero-order valence-electron chi connectivity index (χ0n) is 16.0. The second-order valence-electron chi connectivity index (χ2n) is 6.60. The molecule has 146 valence electrons. The maximum Gasteiger partial charge on any atom is 4.00 e. The largest absolute Gasteiger partial charge is 4.00 e. The van der Waals surface area contributed by atoms with E-state index in [9.17, 15) is 0 Å². The van der Waals surface area contributed by atoms with E-state index in [2.05, 4.69) is 94.5 Å². The van der Waals surface area contributed by atoms with Gasteiger partial charge in [0.1, 0.15) is 0 Å². The van der Waals surface area contributed by atoms with Crippen LogP contribution in [0.2, 0.25) is 0 Å². The zero-order valence-corrected chi connectivity index (χ0v) is 20.0. The Balaban J connectivity index is 0.000000230. The Morgan fingerprint density at radius 2 is 1.37 bits per heavy atom. The summed E-state index contributed by atoms with van der Waals surface area (Å²) in [5.74, 6) is 0. The minimum atomic E-state index is 0. The molecule has 5 heteroatoms. The number of nitrogens with zero attached hydrogens (tertiary/aromatic N) is 2. The van der Waals surface area contributed by atoms with Crippen molar-refractivity contribution >= 4 is 32.6 Å². The smallest absolute Gasteiger partial charge is 1.00 e. The van der Waals surface area contributed by atoms with E-state index in [4.69, 9.17) is 0 Å². The average molecular weight is 509 g/mol. The summed E-state index contributed by atoms with van der Waals surface area (Å²) in [7, 11) is 0. The van der Waals surface area contributed by atoms with Crippen LogP contribution in [-0.4, -0.2) is 9.55 Å². The van der Waals surface area contributed by atoms with E-state index in [-0.39, 0.29) is 51.0 Å². The summed E-state index contributed by atoms with van der Waals surface area (Å²) in [5, 5.41) is 5.20. The van der Waals surface area contributed by atoms with Crippen molar-refractivity contribution in [2.45, 2.75) is 0 Å². The number of halogens is 2. The molecule has 5 aromatic carbocycles. The summed E-state index contributed by atoms with van der Waals surface area (Å²) < 4.78 is 2.13. The van der Waals surface area contributed by atoms with Crippen LogP contribution in [0, 0.1) is 0 Å². The fourth-order valence-corrected chi connectivity index (χ4v) is 3.51. The van der Waals surface area contributed by atoms with Gasteiger partial charge in [0.15, 0.2) is 0 Å². The summed E-state index contributed by atoms with van der Waals surface area (Å²) >= 11 is 0. The van der Waals surface area contributed by atoms with Crippen molar-refractivity contribution in [2.24, 2.45) is 0 Å². The summed E-state index contributed by atoms with van der Waals surface area (Å²) in [6, 6.07) is 35.7. The number of hydrogen-bond acceptors (Lipinski definition) is 1. The van der Waals surface area contributed by atoms with Crippen LogP contribution in [0.15, 0.2) is 109 Å². The van der Waals surface area contributed by atoms with E-state index in [0.717, 1.165) is 11.0 Å². The number of aromatic nitrogens is 2. The first-order valence-corrected chi connectivity index (χ1v) is 9.07. The number of fused-ring (bicyclic) bond motifs is 3. The van der Waals surface area contributed by atoms with Crippen LogP contribution < -0.4 is 24.8 Å². The molecule has 1 heterocycles. The molecule has 0 bridgehead atoms. The molecule has 0 unspecified atom stereocenters. The van der Waals surface area contributed by atoms with Crippen LogP contribution in [0.3, 0.4) is 0 Å². The second kappa shape index (κ2) is 10.7. The van der Waals surface area contributed by atoms with Crippen molar-refractivity contribution in [1.82, 2.24) is 9.55 Å². The Morgan fingerprint density at radius 3 is 2.13 bits per heavy atom. The van der Waals surface area contributed by atoms with Gasteiger partial charge in [-0.1, -0.05) is 24.3 Å². The van der Waals surface area contributed by atoms with Crippen LogP contribution >= 0.6 is 0 Å². The first kappa shape index (κ1) is 24.1. The molecule has 0 amide bonds. The molecule has 0 radical (unpaired) electrons. The SMILES string of the molecule is [Cl-].[Cl-].[Zr+4].c1ccc2[cH-]c(-n3cnc4ccccc43)cc2c1.c1ccc2[cH-]ccc2c1. The maximum atomic E-state index is 4.43. The van der Waals surface area contributed by atoms with E-state index >= 15 is 0 Å². The molecular weight excluding hydrogens is 490 g/mol. The van der Waals surface area contributed by atoms with Gasteiger partial charge in [0.25, 0.3) is 0 Å². The van der Waals surface area contributed by atoms with Crippen LogP contribution in [0.25, 0.3) is 38.3 Å². The molecule has 0 spiro atoms.